The molecule has 0 saturated carbocycles. The first kappa shape index (κ1) is 26.1. The molecule has 1 unspecified atom stereocenters. The highest BCUT2D eigenvalue weighted by atomic mass is 16.5. The third kappa shape index (κ3) is 6.48. The first-order chi connectivity index (χ1) is 19.1. The van der Waals surface area contributed by atoms with Gasteiger partial charge in [0, 0.05) is 12.1 Å². The maximum absolute atomic E-state index is 13.4. The molecule has 0 aromatic heterocycles. The maximum Gasteiger partial charge on any atom is 0.251 e. The van der Waals surface area contributed by atoms with Gasteiger partial charge in [-0.05, 0) is 52.9 Å². The van der Waals surface area contributed by atoms with Gasteiger partial charge >= 0.3 is 0 Å². The van der Waals surface area contributed by atoms with Gasteiger partial charge in [-0.1, -0.05) is 84.9 Å². The molecule has 1 heterocycles. The summed E-state index contributed by atoms with van der Waals surface area (Å²) in [6.45, 7) is 0.977. The third-order valence-corrected chi connectivity index (χ3v) is 6.82. The van der Waals surface area contributed by atoms with Crippen LogP contribution in [0.4, 0.5) is 5.69 Å². The second-order valence-electron chi connectivity index (χ2n) is 9.51. The van der Waals surface area contributed by atoms with Crippen LogP contribution in [0.3, 0.4) is 0 Å². The van der Waals surface area contributed by atoms with Crippen LogP contribution in [0, 0.1) is 0 Å². The molecule has 0 aliphatic carbocycles. The zero-order chi connectivity index (χ0) is 27.0. The molecule has 1 aliphatic rings. The molecule has 0 bridgehead atoms. The van der Waals surface area contributed by atoms with Crippen LogP contribution in [-0.4, -0.2) is 30.9 Å². The zero-order valence-corrected chi connectivity index (χ0v) is 21.6. The van der Waals surface area contributed by atoms with Gasteiger partial charge < -0.3 is 10.1 Å². The molecule has 6 nitrogen and oxygen atoms in total. The molecular weight excluding hydrogens is 488 g/mol. The van der Waals surface area contributed by atoms with Gasteiger partial charge in [0.25, 0.3) is 5.91 Å². The zero-order valence-electron chi connectivity index (χ0n) is 21.6. The van der Waals surface area contributed by atoms with Crippen LogP contribution in [0.25, 0.3) is 0 Å². The Hall–Kier alpha value is -4.55. The summed E-state index contributed by atoms with van der Waals surface area (Å²) in [4.78, 5) is 40.8. The molecule has 0 saturated heterocycles. The van der Waals surface area contributed by atoms with Gasteiger partial charge in [0.15, 0.2) is 0 Å². The lowest BCUT2D eigenvalue weighted by atomic mass is 9.97. The number of amides is 3. The standard InChI is InChI=1S/C33H30N2O4/c36-31(21-24-9-3-1-4-10-24)35(32(37)22-25-11-5-2-6-12-25)28-17-15-27(16-18-28)33(38)34-23-30-29-14-8-7-13-26(29)19-20-39-30/h1-18,30H,19-23H2,(H,34,38). The van der Waals surface area contributed by atoms with Gasteiger partial charge in [0.1, 0.15) is 6.10 Å². The molecule has 4 aromatic carbocycles. The van der Waals surface area contributed by atoms with Crippen LogP contribution in [0.5, 0.6) is 0 Å². The van der Waals surface area contributed by atoms with Crippen molar-refractivity contribution in [1.29, 1.82) is 0 Å². The molecule has 0 radical (unpaired) electrons. The fourth-order valence-electron chi connectivity index (χ4n) is 4.82. The predicted octanol–water partition coefficient (Wildman–Crippen LogP) is 5.08. The Labute approximate surface area is 228 Å². The first-order valence-electron chi connectivity index (χ1n) is 13.1. The van der Waals surface area contributed by atoms with Crippen LogP contribution < -0.4 is 10.2 Å². The highest BCUT2D eigenvalue weighted by Crippen LogP contribution is 2.26. The van der Waals surface area contributed by atoms with Crippen LogP contribution in [0.15, 0.2) is 109 Å². The van der Waals surface area contributed by atoms with Crippen molar-refractivity contribution in [3.05, 3.63) is 137 Å². The molecule has 39 heavy (non-hydrogen) atoms. The number of carbonyl (C=O) groups excluding carboxylic acids is 3. The molecular formula is C33H30N2O4. The van der Waals surface area contributed by atoms with Crippen molar-refractivity contribution < 1.29 is 19.1 Å². The Morgan fingerprint density at radius 3 is 1.90 bits per heavy atom. The van der Waals surface area contributed by atoms with E-state index in [2.05, 4.69) is 11.4 Å². The maximum atomic E-state index is 13.4. The number of ether oxygens (including phenoxy) is 1. The van der Waals surface area contributed by atoms with Gasteiger partial charge in [0.05, 0.1) is 25.1 Å². The number of imide groups is 1. The average molecular weight is 519 g/mol. The Bertz CT molecular complexity index is 1380. The molecule has 1 atom stereocenters. The van der Waals surface area contributed by atoms with E-state index in [9.17, 15) is 14.4 Å². The predicted molar refractivity (Wildman–Crippen MR) is 150 cm³/mol. The number of anilines is 1. The summed E-state index contributed by atoms with van der Waals surface area (Å²) in [5.41, 5.74) is 4.86. The highest BCUT2D eigenvalue weighted by molar-refractivity contribution is 6.16. The number of rotatable bonds is 8. The van der Waals surface area contributed by atoms with Crippen molar-refractivity contribution in [3.63, 3.8) is 0 Å². The van der Waals surface area contributed by atoms with Crippen LogP contribution >= 0.6 is 0 Å². The smallest absolute Gasteiger partial charge is 0.251 e. The molecule has 4 aromatic rings. The Balaban J connectivity index is 1.30. The fourth-order valence-corrected chi connectivity index (χ4v) is 4.82. The number of carbonyl (C=O) groups is 3. The van der Waals surface area contributed by atoms with Gasteiger partial charge in [0.2, 0.25) is 11.8 Å². The molecule has 1 N–H and O–H groups in total. The lowest BCUT2D eigenvalue weighted by molar-refractivity contribution is -0.125. The summed E-state index contributed by atoms with van der Waals surface area (Å²) in [6.07, 6.45) is 0.851. The summed E-state index contributed by atoms with van der Waals surface area (Å²) < 4.78 is 5.90. The Kier molecular flexibility index (Phi) is 8.24. The molecule has 0 fully saturated rings. The topological polar surface area (TPSA) is 75.7 Å². The van der Waals surface area contributed by atoms with Crippen molar-refractivity contribution in [2.75, 3.05) is 18.1 Å². The number of nitrogens with zero attached hydrogens (tertiary/aromatic N) is 1. The largest absolute Gasteiger partial charge is 0.371 e. The quantitative estimate of drug-likeness (QED) is 0.353. The van der Waals surface area contributed by atoms with Crippen LogP contribution in [-0.2, 0) is 33.6 Å². The van der Waals surface area contributed by atoms with E-state index < -0.39 is 0 Å². The second kappa shape index (κ2) is 12.3. The third-order valence-electron chi connectivity index (χ3n) is 6.82. The SMILES string of the molecule is O=C(NCC1OCCc2ccccc21)c1ccc(N(C(=O)Cc2ccccc2)C(=O)Cc2ccccc2)cc1. The minimum atomic E-state index is -0.326. The minimum Gasteiger partial charge on any atom is -0.371 e. The van der Waals surface area contributed by atoms with Gasteiger partial charge in [-0.25, -0.2) is 0 Å². The highest BCUT2D eigenvalue weighted by Gasteiger charge is 2.25. The second-order valence-corrected chi connectivity index (χ2v) is 9.51. The number of hydrogen-bond donors (Lipinski definition) is 1. The van der Waals surface area contributed by atoms with E-state index in [1.807, 2.05) is 78.9 Å². The average Bonchev–Trinajstić information content (AvgIpc) is 2.97. The van der Waals surface area contributed by atoms with E-state index in [4.69, 9.17) is 4.74 Å². The van der Waals surface area contributed by atoms with E-state index in [0.717, 1.165) is 23.1 Å². The number of nitrogens with one attached hydrogen (secondary N) is 1. The van der Waals surface area contributed by atoms with Crippen molar-refractivity contribution in [1.82, 2.24) is 5.32 Å². The van der Waals surface area contributed by atoms with Crippen molar-refractivity contribution in [3.8, 4) is 0 Å². The van der Waals surface area contributed by atoms with Crippen molar-refractivity contribution in [2.45, 2.75) is 25.4 Å². The van der Waals surface area contributed by atoms with E-state index in [0.29, 0.717) is 24.4 Å². The lowest BCUT2D eigenvalue weighted by Crippen LogP contribution is -2.39. The van der Waals surface area contributed by atoms with Gasteiger partial charge in [-0.2, -0.15) is 0 Å². The van der Waals surface area contributed by atoms with E-state index in [1.54, 1.807) is 24.3 Å². The van der Waals surface area contributed by atoms with E-state index >= 15 is 0 Å². The van der Waals surface area contributed by atoms with Crippen LogP contribution in [0.2, 0.25) is 0 Å². The molecule has 196 valence electrons. The lowest BCUT2D eigenvalue weighted by Gasteiger charge is -2.26. The molecule has 3 amide bonds. The van der Waals surface area contributed by atoms with Gasteiger partial charge in [-0.15, -0.1) is 0 Å². The molecule has 0 spiro atoms. The number of benzene rings is 4. The normalized spacial score (nSPS) is 14.2. The van der Waals surface area contributed by atoms with Crippen molar-refractivity contribution in [2.24, 2.45) is 0 Å². The summed E-state index contributed by atoms with van der Waals surface area (Å²) in [6, 6.07) is 33.4. The minimum absolute atomic E-state index is 0.0898. The first-order valence-corrected chi connectivity index (χ1v) is 13.1. The Morgan fingerprint density at radius 2 is 1.28 bits per heavy atom. The van der Waals surface area contributed by atoms with E-state index in [1.165, 1.54) is 10.5 Å². The summed E-state index contributed by atoms with van der Waals surface area (Å²) in [5, 5.41) is 2.96. The summed E-state index contributed by atoms with van der Waals surface area (Å²) >= 11 is 0. The van der Waals surface area contributed by atoms with Crippen molar-refractivity contribution >= 4 is 23.4 Å². The Morgan fingerprint density at radius 1 is 0.718 bits per heavy atom. The van der Waals surface area contributed by atoms with Crippen LogP contribution in [0.1, 0.15) is 38.7 Å². The van der Waals surface area contributed by atoms with Gasteiger partial charge in [-0.3, -0.25) is 19.3 Å². The number of hydrogen-bond acceptors (Lipinski definition) is 4. The molecule has 5 rings (SSSR count). The number of fused-ring (bicyclic) bond motifs is 1. The summed E-state index contributed by atoms with van der Waals surface area (Å²) in [7, 11) is 0. The molecule has 6 heteroatoms. The summed E-state index contributed by atoms with van der Waals surface area (Å²) in [5.74, 6) is -0.897. The van der Waals surface area contributed by atoms with E-state index in [-0.39, 0.29) is 36.7 Å². The fraction of sp³-hybridized carbons (Fsp3) is 0.182. The molecule has 1 aliphatic heterocycles. The monoisotopic (exact) mass is 518 g/mol.